The lowest BCUT2D eigenvalue weighted by Crippen LogP contribution is -2.17. The van der Waals surface area contributed by atoms with Crippen LogP contribution in [-0.4, -0.2) is 17.2 Å². The van der Waals surface area contributed by atoms with Gasteiger partial charge in [0.05, 0.1) is 6.42 Å². The topological polar surface area (TPSA) is 46.5 Å². The highest BCUT2D eigenvalue weighted by Gasteiger charge is 2.35. The maximum atomic E-state index is 13.2. The molecule has 0 bridgehead atoms. The van der Waals surface area contributed by atoms with Gasteiger partial charge in [-0.05, 0) is 0 Å². The highest BCUT2D eigenvalue weighted by Crippen LogP contribution is 2.37. The molecule has 3 nitrogen and oxygen atoms in total. The molecular weight excluding hydrogens is 244 g/mol. The van der Waals surface area contributed by atoms with Crippen LogP contribution < -0.4 is 4.74 Å². The molecule has 1 unspecified atom stereocenters. The van der Waals surface area contributed by atoms with Crippen molar-refractivity contribution in [3.05, 3.63) is 28.8 Å². The smallest absolute Gasteiger partial charge is 0.307 e. The third-order valence-electron chi connectivity index (χ3n) is 2.44. The number of hydrogen-bond donors (Lipinski definition) is 1. The quantitative estimate of drug-likeness (QED) is 0.496. The predicted octanol–water partition coefficient (Wildman–Crippen LogP) is 2.02. The number of ether oxygens (including phenoxy) is 1. The van der Waals surface area contributed by atoms with Crippen LogP contribution >= 0.6 is 0 Å². The van der Waals surface area contributed by atoms with Crippen molar-refractivity contribution < 1.29 is 32.2 Å². The molecule has 0 aliphatic carbocycles. The van der Waals surface area contributed by atoms with Gasteiger partial charge in [-0.15, -0.1) is 0 Å². The molecule has 0 radical (unpaired) electrons. The number of carbonyl (C=O) groups is 1. The summed E-state index contributed by atoms with van der Waals surface area (Å²) >= 11 is 0. The monoisotopic (exact) mass is 250 g/mol. The minimum Gasteiger partial charge on any atom is -0.486 e. The number of fused-ring (bicyclic) bond motifs is 1. The van der Waals surface area contributed by atoms with E-state index in [-0.39, 0.29) is 6.42 Å². The summed E-state index contributed by atoms with van der Waals surface area (Å²) in [5.41, 5.74) is -0.465. The fraction of sp³-hybridized carbons (Fsp3) is 0.300. The zero-order valence-electron chi connectivity index (χ0n) is 8.27. The van der Waals surface area contributed by atoms with Gasteiger partial charge in [0.25, 0.3) is 0 Å². The molecule has 2 rings (SSSR count). The van der Waals surface area contributed by atoms with Crippen LogP contribution in [0.4, 0.5) is 17.6 Å². The van der Waals surface area contributed by atoms with Gasteiger partial charge >= 0.3 is 5.97 Å². The van der Waals surface area contributed by atoms with E-state index >= 15 is 0 Å². The average Bonchev–Trinajstić information content (AvgIpc) is 2.66. The van der Waals surface area contributed by atoms with E-state index < -0.39 is 53.1 Å². The fourth-order valence-electron chi connectivity index (χ4n) is 1.71. The number of carboxylic acid groups (broad SMARTS) is 1. The van der Waals surface area contributed by atoms with Gasteiger partial charge in [-0.2, -0.15) is 4.39 Å². The fourth-order valence-corrected chi connectivity index (χ4v) is 1.71. The predicted molar refractivity (Wildman–Crippen MR) is 46.6 cm³/mol. The van der Waals surface area contributed by atoms with Crippen LogP contribution in [0.2, 0.25) is 0 Å². The van der Waals surface area contributed by atoms with Crippen LogP contribution in [0.3, 0.4) is 0 Å². The lowest BCUT2D eigenvalue weighted by atomic mass is 10.1. The second kappa shape index (κ2) is 3.90. The van der Waals surface area contributed by atoms with E-state index in [4.69, 9.17) is 9.84 Å². The van der Waals surface area contributed by atoms with Crippen molar-refractivity contribution in [2.24, 2.45) is 0 Å². The summed E-state index contributed by atoms with van der Waals surface area (Å²) in [7, 11) is 0. The van der Waals surface area contributed by atoms with Crippen LogP contribution in [-0.2, 0) is 11.2 Å². The van der Waals surface area contributed by atoms with E-state index in [0.29, 0.717) is 0 Å². The summed E-state index contributed by atoms with van der Waals surface area (Å²) in [6.45, 7) is 0. The maximum absolute atomic E-state index is 13.2. The van der Waals surface area contributed by atoms with Crippen molar-refractivity contribution in [3.63, 3.8) is 0 Å². The summed E-state index contributed by atoms with van der Waals surface area (Å²) < 4.78 is 56.9. The highest BCUT2D eigenvalue weighted by molar-refractivity contribution is 5.67. The van der Waals surface area contributed by atoms with Crippen LogP contribution in [0.15, 0.2) is 0 Å². The molecule has 1 aliphatic heterocycles. The Labute approximate surface area is 92.6 Å². The Kier molecular flexibility index (Phi) is 2.68. The first-order valence-electron chi connectivity index (χ1n) is 4.65. The molecular formula is C10H6F4O3. The number of rotatable bonds is 2. The third kappa shape index (κ3) is 1.81. The first kappa shape index (κ1) is 11.7. The van der Waals surface area contributed by atoms with Crippen LogP contribution in [0.1, 0.15) is 12.0 Å². The Morgan fingerprint density at radius 1 is 1.18 bits per heavy atom. The van der Waals surface area contributed by atoms with Gasteiger partial charge in [0.1, 0.15) is 6.10 Å². The van der Waals surface area contributed by atoms with E-state index in [1.807, 2.05) is 0 Å². The molecule has 1 atom stereocenters. The molecule has 1 N–H and O–H groups in total. The Bertz CT molecular complexity index is 464. The molecule has 0 amide bonds. The van der Waals surface area contributed by atoms with Gasteiger partial charge < -0.3 is 9.84 Å². The van der Waals surface area contributed by atoms with Crippen molar-refractivity contribution in [3.8, 4) is 5.75 Å². The van der Waals surface area contributed by atoms with Gasteiger partial charge in [-0.25, -0.2) is 13.2 Å². The number of halogens is 4. The molecule has 1 aliphatic rings. The minimum atomic E-state index is -1.96. The zero-order chi connectivity index (χ0) is 12.7. The van der Waals surface area contributed by atoms with Crippen LogP contribution in [0.5, 0.6) is 5.75 Å². The molecule has 0 fully saturated rings. The lowest BCUT2D eigenvalue weighted by Gasteiger charge is -2.07. The Morgan fingerprint density at radius 3 is 2.35 bits per heavy atom. The molecule has 1 aromatic rings. The summed E-state index contributed by atoms with van der Waals surface area (Å²) in [5.74, 6) is -9.02. The largest absolute Gasteiger partial charge is 0.486 e. The number of carboxylic acids is 1. The average molecular weight is 250 g/mol. The summed E-state index contributed by atoms with van der Waals surface area (Å²) in [5, 5.41) is 8.49. The molecule has 0 saturated carbocycles. The molecule has 92 valence electrons. The SMILES string of the molecule is O=C(O)CC1Cc2c(F)c(F)c(F)c(F)c2O1. The number of aliphatic carboxylic acids is 1. The Morgan fingerprint density at radius 2 is 1.76 bits per heavy atom. The second-order valence-corrected chi connectivity index (χ2v) is 3.61. The highest BCUT2D eigenvalue weighted by atomic mass is 19.2. The molecule has 1 heterocycles. The Balaban J connectivity index is 2.41. The Hall–Kier alpha value is -1.79. The normalized spacial score (nSPS) is 17.8. The molecule has 0 saturated heterocycles. The number of hydrogen-bond acceptors (Lipinski definition) is 2. The van der Waals surface area contributed by atoms with Gasteiger partial charge in [-0.1, -0.05) is 0 Å². The maximum Gasteiger partial charge on any atom is 0.307 e. The van der Waals surface area contributed by atoms with Crippen molar-refractivity contribution in [2.75, 3.05) is 0 Å². The molecule has 0 spiro atoms. The summed E-state index contributed by atoms with van der Waals surface area (Å²) in [6.07, 6.45) is -1.83. The summed E-state index contributed by atoms with van der Waals surface area (Å²) in [4.78, 5) is 10.4. The summed E-state index contributed by atoms with van der Waals surface area (Å²) in [6, 6.07) is 0. The molecule has 17 heavy (non-hydrogen) atoms. The first-order chi connectivity index (χ1) is 7.91. The van der Waals surface area contributed by atoms with Gasteiger partial charge in [0, 0.05) is 12.0 Å². The number of benzene rings is 1. The molecule has 1 aromatic carbocycles. The third-order valence-corrected chi connectivity index (χ3v) is 2.44. The van der Waals surface area contributed by atoms with E-state index in [1.165, 1.54) is 0 Å². The minimum absolute atomic E-state index is 0.304. The van der Waals surface area contributed by atoms with Crippen molar-refractivity contribution in [2.45, 2.75) is 18.9 Å². The van der Waals surface area contributed by atoms with E-state index in [0.717, 1.165) is 0 Å². The van der Waals surface area contributed by atoms with Crippen LogP contribution in [0, 0.1) is 23.3 Å². The van der Waals surface area contributed by atoms with Gasteiger partial charge in [0.15, 0.2) is 17.4 Å². The van der Waals surface area contributed by atoms with Crippen molar-refractivity contribution >= 4 is 5.97 Å². The standard InChI is InChI=1S/C10H6F4O3/c11-6-4-1-3(2-5(15)16)17-10(4)9(14)8(13)7(6)12/h3H,1-2H2,(H,15,16). The zero-order valence-corrected chi connectivity index (χ0v) is 8.27. The first-order valence-corrected chi connectivity index (χ1v) is 4.65. The van der Waals surface area contributed by atoms with Crippen molar-refractivity contribution in [1.29, 1.82) is 0 Å². The van der Waals surface area contributed by atoms with E-state index in [9.17, 15) is 22.4 Å². The van der Waals surface area contributed by atoms with Gasteiger partial charge in [0.2, 0.25) is 11.6 Å². The van der Waals surface area contributed by atoms with E-state index in [2.05, 4.69) is 0 Å². The lowest BCUT2D eigenvalue weighted by molar-refractivity contribution is -0.138. The second-order valence-electron chi connectivity index (χ2n) is 3.61. The van der Waals surface area contributed by atoms with Crippen LogP contribution in [0.25, 0.3) is 0 Å². The van der Waals surface area contributed by atoms with E-state index in [1.54, 1.807) is 0 Å². The van der Waals surface area contributed by atoms with Gasteiger partial charge in [-0.3, -0.25) is 4.79 Å². The molecule has 7 heteroatoms. The van der Waals surface area contributed by atoms with Crippen molar-refractivity contribution in [1.82, 2.24) is 0 Å². The molecule has 0 aromatic heterocycles.